The maximum atomic E-state index is 12.3. The Morgan fingerprint density at radius 1 is 1.19 bits per heavy atom. The molecule has 0 aromatic rings. The van der Waals surface area contributed by atoms with Gasteiger partial charge in [-0.05, 0) is 19.8 Å². The lowest BCUT2D eigenvalue weighted by Gasteiger charge is -2.19. The van der Waals surface area contributed by atoms with Gasteiger partial charge >= 0.3 is 12.0 Å². The molecule has 26 heavy (non-hydrogen) atoms. The van der Waals surface area contributed by atoms with Gasteiger partial charge in [0.15, 0.2) is 6.10 Å². The van der Waals surface area contributed by atoms with Crippen LogP contribution in [0.4, 0.5) is 4.79 Å². The Hall–Kier alpha value is -2.71. The number of carbonyl (C=O) groups is 5. The molecular weight excluding hydrogens is 342 g/mol. The number of amides is 5. The Morgan fingerprint density at radius 2 is 1.81 bits per heavy atom. The molecule has 0 aromatic heterocycles. The van der Waals surface area contributed by atoms with Gasteiger partial charge in [-0.25, -0.2) is 4.79 Å². The quantitative estimate of drug-likeness (QED) is 0.412. The van der Waals surface area contributed by atoms with Crippen molar-refractivity contribution < 1.29 is 28.7 Å². The third kappa shape index (κ3) is 3.33. The summed E-state index contributed by atoms with van der Waals surface area (Å²) in [5.41, 5.74) is 0. The van der Waals surface area contributed by atoms with Gasteiger partial charge in [-0.1, -0.05) is 12.2 Å². The van der Waals surface area contributed by atoms with Gasteiger partial charge in [0.25, 0.3) is 5.91 Å². The van der Waals surface area contributed by atoms with Crippen LogP contribution in [0.1, 0.15) is 26.2 Å². The molecule has 0 unspecified atom stereocenters. The van der Waals surface area contributed by atoms with Crippen LogP contribution in [0.25, 0.3) is 0 Å². The second kappa shape index (κ2) is 7.27. The van der Waals surface area contributed by atoms with E-state index < -0.39 is 24.0 Å². The minimum absolute atomic E-state index is 0.0609. The molecule has 3 aliphatic rings. The summed E-state index contributed by atoms with van der Waals surface area (Å²) in [4.78, 5) is 62.3. The smallest absolute Gasteiger partial charge is 0.324 e. The number of nitrogens with one attached hydrogen (secondary N) is 1. The summed E-state index contributed by atoms with van der Waals surface area (Å²) in [5.74, 6) is -2.47. The highest BCUT2D eigenvalue weighted by molar-refractivity contribution is 6.05. The normalized spacial score (nSPS) is 26.0. The van der Waals surface area contributed by atoms with E-state index in [-0.39, 0.29) is 43.2 Å². The SMILES string of the molecule is C[C@H](OC(=O)CCN1C(=O)[C@H]2CC=CC[C@@H]2C1=O)C(=O)N1CCNC1=O. The van der Waals surface area contributed by atoms with E-state index in [1.165, 1.54) is 6.92 Å². The fourth-order valence-electron chi connectivity index (χ4n) is 3.50. The van der Waals surface area contributed by atoms with Crippen molar-refractivity contribution in [3.8, 4) is 0 Å². The van der Waals surface area contributed by atoms with Crippen LogP contribution in [0.3, 0.4) is 0 Å². The van der Waals surface area contributed by atoms with Crippen molar-refractivity contribution in [1.82, 2.24) is 15.1 Å². The van der Waals surface area contributed by atoms with Crippen molar-refractivity contribution in [2.24, 2.45) is 11.8 Å². The fraction of sp³-hybridized carbons (Fsp3) is 0.588. The molecule has 2 heterocycles. The zero-order chi connectivity index (χ0) is 18.8. The Kier molecular flexibility index (Phi) is 5.06. The van der Waals surface area contributed by atoms with E-state index in [2.05, 4.69) is 5.32 Å². The van der Waals surface area contributed by atoms with Crippen molar-refractivity contribution >= 4 is 29.7 Å². The summed E-state index contributed by atoms with van der Waals surface area (Å²) in [6.07, 6.45) is 3.58. The Labute approximate surface area is 150 Å². The molecule has 0 aromatic carbocycles. The highest BCUT2D eigenvalue weighted by Gasteiger charge is 2.47. The number of likely N-dealkylation sites (tertiary alicyclic amines) is 1. The monoisotopic (exact) mass is 363 g/mol. The van der Waals surface area contributed by atoms with Crippen LogP contribution in [-0.4, -0.2) is 65.3 Å². The van der Waals surface area contributed by atoms with Gasteiger partial charge < -0.3 is 10.1 Å². The molecule has 0 saturated carbocycles. The van der Waals surface area contributed by atoms with Crippen LogP contribution in [0.15, 0.2) is 12.2 Å². The van der Waals surface area contributed by atoms with Crippen LogP contribution < -0.4 is 5.32 Å². The predicted octanol–water partition coefficient (Wildman–Crippen LogP) is -0.189. The molecule has 1 aliphatic carbocycles. The summed E-state index contributed by atoms with van der Waals surface area (Å²) >= 11 is 0. The van der Waals surface area contributed by atoms with Crippen LogP contribution in [0, 0.1) is 11.8 Å². The summed E-state index contributed by atoms with van der Waals surface area (Å²) in [6.45, 7) is 1.92. The lowest BCUT2D eigenvalue weighted by molar-refractivity contribution is -0.158. The minimum Gasteiger partial charge on any atom is -0.452 e. The van der Waals surface area contributed by atoms with E-state index in [1.54, 1.807) is 0 Å². The molecule has 3 rings (SSSR count). The van der Waals surface area contributed by atoms with Crippen LogP contribution in [0.2, 0.25) is 0 Å². The molecule has 0 radical (unpaired) electrons. The number of fused-ring (bicyclic) bond motifs is 1. The van der Waals surface area contributed by atoms with Gasteiger partial charge in [-0.3, -0.25) is 29.0 Å². The first-order valence-corrected chi connectivity index (χ1v) is 8.69. The third-order valence-electron chi connectivity index (χ3n) is 4.92. The van der Waals surface area contributed by atoms with E-state index in [4.69, 9.17) is 4.74 Å². The molecule has 2 fully saturated rings. The maximum Gasteiger partial charge on any atom is 0.324 e. The highest BCUT2D eigenvalue weighted by Crippen LogP contribution is 2.35. The zero-order valence-corrected chi connectivity index (χ0v) is 14.5. The number of esters is 1. The van der Waals surface area contributed by atoms with Gasteiger partial charge in [0.2, 0.25) is 11.8 Å². The summed E-state index contributed by atoms with van der Waals surface area (Å²) in [5, 5.41) is 2.49. The molecule has 2 saturated heterocycles. The van der Waals surface area contributed by atoms with E-state index in [1.807, 2.05) is 12.2 Å². The predicted molar refractivity (Wildman–Crippen MR) is 87.4 cm³/mol. The minimum atomic E-state index is -1.11. The van der Waals surface area contributed by atoms with Crippen molar-refractivity contribution in [3.63, 3.8) is 0 Å². The van der Waals surface area contributed by atoms with E-state index in [0.29, 0.717) is 19.4 Å². The first-order valence-electron chi connectivity index (χ1n) is 8.69. The average molecular weight is 363 g/mol. The molecule has 5 amide bonds. The van der Waals surface area contributed by atoms with Crippen molar-refractivity contribution in [1.29, 1.82) is 0 Å². The van der Waals surface area contributed by atoms with E-state index >= 15 is 0 Å². The number of hydrogen-bond acceptors (Lipinski definition) is 6. The molecular formula is C17H21N3O6. The third-order valence-corrected chi connectivity index (χ3v) is 4.92. The van der Waals surface area contributed by atoms with Crippen molar-refractivity contribution in [3.05, 3.63) is 12.2 Å². The molecule has 9 heteroatoms. The topological polar surface area (TPSA) is 113 Å². The number of hydrogen-bond donors (Lipinski definition) is 1. The Bertz CT molecular complexity index is 662. The van der Waals surface area contributed by atoms with Crippen molar-refractivity contribution in [2.75, 3.05) is 19.6 Å². The second-order valence-electron chi connectivity index (χ2n) is 6.59. The average Bonchev–Trinajstić information content (AvgIpc) is 3.15. The molecule has 140 valence electrons. The Balaban J connectivity index is 1.49. The molecule has 0 spiro atoms. The molecule has 1 N–H and O–H groups in total. The van der Waals surface area contributed by atoms with E-state index in [0.717, 1.165) is 9.80 Å². The number of ether oxygens (including phenoxy) is 1. The summed E-state index contributed by atoms with van der Waals surface area (Å²) in [6, 6.07) is -0.512. The van der Waals surface area contributed by atoms with Crippen LogP contribution >= 0.6 is 0 Å². The van der Waals surface area contributed by atoms with Gasteiger partial charge in [0.1, 0.15) is 0 Å². The first kappa shape index (κ1) is 18.1. The van der Waals surface area contributed by atoms with Crippen LogP contribution in [-0.2, 0) is 23.9 Å². The van der Waals surface area contributed by atoms with Gasteiger partial charge in [-0.2, -0.15) is 0 Å². The lowest BCUT2D eigenvalue weighted by Crippen LogP contribution is -2.42. The lowest BCUT2D eigenvalue weighted by atomic mass is 9.85. The number of imide groups is 2. The number of urea groups is 1. The summed E-state index contributed by atoms with van der Waals surface area (Å²) in [7, 11) is 0. The molecule has 9 nitrogen and oxygen atoms in total. The van der Waals surface area contributed by atoms with E-state index in [9.17, 15) is 24.0 Å². The fourth-order valence-corrected chi connectivity index (χ4v) is 3.50. The second-order valence-corrected chi connectivity index (χ2v) is 6.59. The van der Waals surface area contributed by atoms with Crippen molar-refractivity contribution in [2.45, 2.75) is 32.3 Å². The van der Waals surface area contributed by atoms with Gasteiger partial charge in [-0.15, -0.1) is 0 Å². The Morgan fingerprint density at radius 3 is 2.35 bits per heavy atom. The largest absolute Gasteiger partial charge is 0.452 e. The number of carbonyl (C=O) groups excluding carboxylic acids is 5. The summed E-state index contributed by atoms with van der Waals surface area (Å²) < 4.78 is 5.05. The molecule has 3 atom stereocenters. The van der Waals surface area contributed by atoms with Gasteiger partial charge in [0, 0.05) is 19.6 Å². The first-order chi connectivity index (χ1) is 12.4. The van der Waals surface area contributed by atoms with Crippen LogP contribution in [0.5, 0.6) is 0 Å². The number of rotatable bonds is 5. The highest BCUT2D eigenvalue weighted by atomic mass is 16.5. The molecule has 2 aliphatic heterocycles. The standard InChI is InChI=1S/C17H21N3O6/c1-10(14(22)20-9-7-18-17(20)25)26-13(21)6-8-19-15(23)11-4-2-3-5-12(11)16(19)24/h2-3,10-12H,4-9H2,1H3,(H,18,25)/t10-,11-,12-/m0/s1. The van der Waals surface area contributed by atoms with Gasteiger partial charge in [0.05, 0.1) is 18.3 Å². The number of allylic oxidation sites excluding steroid dienone is 2. The number of nitrogens with zero attached hydrogens (tertiary/aromatic N) is 2. The molecule has 0 bridgehead atoms. The maximum absolute atomic E-state index is 12.3. The zero-order valence-electron chi connectivity index (χ0n) is 14.5.